The Bertz CT molecular complexity index is 1570. The van der Waals surface area contributed by atoms with Gasteiger partial charge in [0.05, 0.1) is 10.7 Å². The molecule has 0 unspecified atom stereocenters. The van der Waals surface area contributed by atoms with E-state index in [1.807, 2.05) is 30.3 Å². The summed E-state index contributed by atoms with van der Waals surface area (Å²) in [6.07, 6.45) is 1.46. The lowest BCUT2D eigenvalue weighted by molar-refractivity contribution is -0.122. The van der Waals surface area contributed by atoms with Gasteiger partial charge in [-0.1, -0.05) is 59.6 Å². The first-order valence-corrected chi connectivity index (χ1v) is 12.5. The quantitative estimate of drug-likeness (QED) is 0.151. The number of hydrogen-bond acceptors (Lipinski definition) is 5. The lowest BCUT2D eigenvalue weighted by Gasteiger charge is -2.29. The Morgan fingerprint density at radius 3 is 2.18 bits per heavy atom. The van der Waals surface area contributed by atoms with Crippen molar-refractivity contribution in [1.29, 1.82) is 0 Å². The summed E-state index contributed by atoms with van der Waals surface area (Å²) < 4.78 is 11.8. The van der Waals surface area contributed by atoms with Crippen molar-refractivity contribution in [2.45, 2.75) is 0 Å². The van der Waals surface area contributed by atoms with Gasteiger partial charge in [-0.3, -0.25) is 19.8 Å². The Kier molecular flexibility index (Phi) is 7.42. The minimum absolute atomic E-state index is 0.0219. The van der Waals surface area contributed by atoms with Crippen LogP contribution in [0, 0.1) is 0 Å². The van der Waals surface area contributed by atoms with Crippen molar-refractivity contribution in [2.24, 2.45) is 0 Å². The van der Waals surface area contributed by atoms with E-state index in [4.69, 9.17) is 44.9 Å². The number of rotatable bonds is 6. The minimum atomic E-state index is -0.611. The van der Waals surface area contributed by atoms with Gasteiger partial charge in [0, 0.05) is 10.6 Å². The number of nitrogens with zero attached hydrogens (tertiary/aromatic N) is 1. The highest BCUT2D eigenvalue weighted by Gasteiger charge is 2.34. The fourth-order valence-corrected chi connectivity index (χ4v) is 4.43. The summed E-state index contributed by atoms with van der Waals surface area (Å²) >= 11 is 17.6. The van der Waals surface area contributed by atoms with Crippen molar-refractivity contribution in [3.8, 4) is 23.0 Å². The highest BCUT2D eigenvalue weighted by Crippen LogP contribution is 2.34. The van der Waals surface area contributed by atoms with Gasteiger partial charge in [0.1, 0.15) is 28.6 Å². The van der Waals surface area contributed by atoms with Gasteiger partial charge < -0.3 is 9.47 Å². The van der Waals surface area contributed by atoms with E-state index in [9.17, 15) is 9.59 Å². The number of nitrogens with one attached hydrogen (secondary N) is 1. The zero-order valence-corrected chi connectivity index (χ0v) is 21.9. The Hall–Kier alpha value is -4.17. The van der Waals surface area contributed by atoms with Crippen LogP contribution in [-0.2, 0) is 9.59 Å². The topological polar surface area (TPSA) is 67.9 Å². The molecule has 0 saturated carbocycles. The Labute approximate surface area is 234 Å². The Morgan fingerprint density at radius 1 is 0.763 bits per heavy atom. The zero-order chi connectivity index (χ0) is 26.6. The standard InChI is InChI=1S/C29H18Cl2N2O4S/c30-19-10-15-26(24(31)17-19)37-25-9-5-4-6-18(25)16-23-27(34)32-29(38)33(28(23)35)20-11-13-22(14-12-20)36-21-7-2-1-3-8-21/h1-17H,(H,32,34,38)/b23-16+. The van der Waals surface area contributed by atoms with Crippen LogP contribution >= 0.6 is 35.4 Å². The number of amides is 2. The van der Waals surface area contributed by atoms with Gasteiger partial charge in [-0.05, 0) is 79.0 Å². The molecule has 38 heavy (non-hydrogen) atoms. The maximum Gasteiger partial charge on any atom is 0.270 e. The fourth-order valence-electron chi connectivity index (χ4n) is 3.70. The molecule has 1 aliphatic rings. The van der Waals surface area contributed by atoms with Gasteiger partial charge in [0.2, 0.25) is 0 Å². The highest BCUT2D eigenvalue weighted by atomic mass is 35.5. The van der Waals surface area contributed by atoms with Crippen LogP contribution in [0.4, 0.5) is 5.69 Å². The lowest BCUT2D eigenvalue weighted by atomic mass is 10.1. The number of carbonyl (C=O) groups is 2. The van der Waals surface area contributed by atoms with E-state index in [0.717, 1.165) is 0 Å². The SMILES string of the molecule is O=C1NC(=S)N(c2ccc(Oc3ccccc3)cc2)C(=O)/C1=C/c1ccccc1Oc1ccc(Cl)cc1Cl. The van der Waals surface area contributed by atoms with E-state index in [0.29, 0.717) is 44.3 Å². The number of benzene rings is 4. The predicted molar refractivity (Wildman–Crippen MR) is 152 cm³/mol. The number of halogens is 2. The number of carbonyl (C=O) groups excluding carboxylic acids is 2. The first-order chi connectivity index (χ1) is 18.4. The van der Waals surface area contributed by atoms with Gasteiger partial charge in [0.25, 0.3) is 11.8 Å². The van der Waals surface area contributed by atoms with Gasteiger partial charge in [-0.15, -0.1) is 0 Å². The van der Waals surface area contributed by atoms with Crippen molar-refractivity contribution in [2.75, 3.05) is 4.90 Å². The molecule has 0 spiro atoms. The molecule has 5 rings (SSSR count). The van der Waals surface area contributed by atoms with Crippen molar-refractivity contribution in [1.82, 2.24) is 5.32 Å². The summed E-state index contributed by atoms with van der Waals surface area (Å²) in [6, 6.07) is 28.0. The number of anilines is 1. The van der Waals surface area contributed by atoms with Crippen molar-refractivity contribution in [3.05, 3.63) is 118 Å². The van der Waals surface area contributed by atoms with Crippen molar-refractivity contribution in [3.63, 3.8) is 0 Å². The monoisotopic (exact) mass is 560 g/mol. The molecular formula is C29H18Cl2N2O4S. The fraction of sp³-hybridized carbons (Fsp3) is 0. The maximum absolute atomic E-state index is 13.5. The second-order valence-electron chi connectivity index (χ2n) is 8.08. The lowest BCUT2D eigenvalue weighted by Crippen LogP contribution is -2.54. The molecule has 1 fully saturated rings. The molecule has 1 aliphatic heterocycles. The van der Waals surface area contributed by atoms with Gasteiger partial charge in [-0.2, -0.15) is 0 Å². The molecule has 0 bridgehead atoms. The minimum Gasteiger partial charge on any atom is -0.457 e. The summed E-state index contributed by atoms with van der Waals surface area (Å²) in [5.74, 6) is 0.855. The Morgan fingerprint density at radius 2 is 1.45 bits per heavy atom. The molecule has 1 heterocycles. The van der Waals surface area contributed by atoms with E-state index >= 15 is 0 Å². The van der Waals surface area contributed by atoms with E-state index in [1.165, 1.54) is 11.0 Å². The molecule has 1 saturated heterocycles. The van der Waals surface area contributed by atoms with Crippen LogP contribution in [0.2, 0.25) is 10.0 Å². The molecule has 2 amide bonds. The smallest absolute Gasteiger partial charge is 0.270 e. The normalized spacial score (nSPS) is 14.4. The van der Waals surface area contributed by atoms with Crippen LogP contribution in [0.15, 0.2) is 103 Å². The average Bonchev–Trinajstić information content (AvgIpc) is 2.90. The summed E-state index contributed by atoms with van der Waals surface area (Å²) in [7, 11) is 0. The molecule has 9 heteroatoms. The molecule has 0 radical (unpaired) electrons. The second-order valence-corrected chi connectivity index (χ2v) is 9.31. The third kappa shape index (κ3) is 5.55. The summed E-state index contributed by atoms with van der Waals surface area (Å²) in [5, 5.41) is 3.36. The maximum atomic E-state index is 13.5. The number of para-hydroxylation sites is 2. The van der Waals surface area contributed by atoms with E-state index in [1.54, 1.807) is 66.7 Å². The average molecular weight is 561 g/mol. The molecule has 0 atom stereocenters. The molecule has 4 aromatic rings. The first kappa shape index (κ1) is 25.5. The van der Waals surface area contributed by atoms with E-state index in [-0.39, 0.29) is 10.7 Å². The number of thiocarbonyl (C=S) groups is 1. The number of ether oxygens (including phenoxy) is 2. The van der Waals surface area contributed by atoms with Gasteiger partial charge in [-0.25, -0.2) is 0 Å². The summed E-state index contributed by atoms with van der Waals surface area (Å²) in [4.78, 5) is 27.6. The molecule has 0 aromatic heterocycles. The van der Waals surface area contributed by atoms with Gasteiger partial charge >= 0.3 is 0 Å². The van der Waals surface area contributed by atoms with Crippen LogP contribution in [0.3, 0.4) is 0 Å². The molecule has 188 valence electrons. The van der Waals surface area contributed by atoms with Crippen LogP contribution in [0.25, 0.3) is 6.08 Å². The third-order valence-corrected chi connectivity index (χ3v) is 6.32. The zero-order valence-electron chi connectivity index (χ0n) is 19.6. The second kappa shape index (κ2) is 11.1. The van der Waals surface area contributed by atoms with Crippen LogP contribution < -0.4 is 19.7 Å². The molecular weight excluding hydrogens is 543 g/mol. The number of hydrogen-bond donors (Lipinski definition) is 1. The predicted octanol–water partition coefficient (Wildman–Crippen LogP) is 7.41. The molecule has 0 aliphatic carbocycles. The Balaban J connectivity index is 1.42. The van der Waals surface area contributed by atoms with Gasteiger partial charge in [0.15, 0.2) is 5.11 Å². The molecule has 6 nitrogen and oxygen atoms in total. The van der Waals surface area contributed by atoms with E-state index < -0.39 is 11.8 Å². The van der Waals surface area contributed by atoms with Crippen molar-refractivity contribution >= 4 is 64.1 Å². The van der Waals surface area contributed by atoms with E-state index in [2.05, 4.69) is 5.32 Å². The van der Waals surface area contributed by atoms with Crippen molar-refractivity contribution < 1.29 is 19.1 Å². The molecule has 1 N–H and O–H groups in total. The molecule has 4 aromatic carbocycles. The largest absolute Gasteiger partial charge is 0.457 e. The first-order valence-electron chi connectivity index (χ1n) is 11.4. The van der Waals surface area contributed by atoms with Crippen LogP contribution in [0.5, 0.6) is 23.0 Å². The highest BCUT2D eigenvalue weighted by molar-refractivity contribution is 7.80. The van der Waals surface area contributed by atoms with Crippen LogP contribution in [-0.4, -0.2) is 16.9 Å². The van der Waals surface area contributed by atoms with Crippen LogP contribution in [0.1, 0.15) is 5.56 Å². The summed E-state index contributed by atoms with van der Waals surface area (Å²) in [6.45, 7) is 0. The third-order valence-electron chi connectivity index (χ3n) is 5.51. The summed E-state index contributed by atoms with van der Waals surface area (Å²) in [5.41, 5.74) is 0.863.